The molecule has 1 fully saturated rings. The van der Waals surface area contributed by atoms with Crippen LogP contribution in [-0.4, -0.2) is 30.3 Å². The molecule has 0 atom stereocenters. The number of hydrogen-bond donors (Lipinski definition) is 0. The van der Waals surface area contributed by atoms with E-state index in [2.05, 4.69) is 11.8 Å². The minimum absolute atomic E-state index is 0.474. The summed E-state index contributed by atoms with van der Waals surface area (Å²) in [6, 6.07) is 0. The summed E-state index contributed by atoms with van der Waals surface area (Å²) in [6.45, 7) is 5.30. The van der Waals surface area contributed by atoms with Crippen molar-refractivity contribution in [2.45, 2.75) is 129 Å². The van der Waals surface area contributed by atoms with Gasteiger partial charge in [0.05, 0.1) is 6.54 Å². The minimum atomic E-state index is 0.474. The average Bonchev–Trinajstić information content (AvgIpc) is 2.65. The van der Waals surface area contributed by atoms with Crippen LogP contribution < -0.4 is 0 Å². The topological polar surface area (TPSA) is 20.3 Å². The van der Waals surface area contributed by atoms with Gasteiger partial charge in [0, 0.05) is 6.42 Å². The Bertz CT molecular complexity index is 309. The maximum atomic E-state index is 12.0. The Hall–Kier alpha value is -0.370. The number of hydrogen-bond acceptors (Lipinski definition) is 2. The molecule has 1 aliphatic heterocycles. The highest BCUT2D eigenvalue weighted by Gasteiger charge is 2.13. The van der Waals surface area contributed by atoms with E-state index in [1.54, 1.807) is 0 Å². The second-order valence-corrected chi connectivity index (χ2v) is 8.58. The molecule has 0 unspecified atom stereocenters. The van der Waals surface area contributed by atoms with Crippen molar-refractivity contribution in [3.8, 4) is 0 Å². The summed E-state index contributed by atoms with van der Waals surface area (Å²) < 4.78 is 0. The molecule has 26 heavy (non-hydrogen) atoms. The van der Waals surface area contributed by atoms with E-state index in [0.29, 0.717) is 5.78 Å². The third-order valence-electron chi connectivity index (χ3n) is 5.91. The van der Waals surface area contributed by atoms with Gasteiger partial charge in [0.15, 0.2) is 0 Å². The summed E-state index contributed by atoms with van der Waals surface area (Å²) in [5.41, 5.74) is 0. The number of Topliss-reactive ketones (excluding diaryl/α,β-unsaturated/α-hetero) is 1. The minimum Gasteiger partial charge on any atom is -0.298 e. The van der Waals surface area contributed by atoms with Crippen molar-refractivity contribution in [3.63, 3.8) is 0 Å². The van der Waals surface area contributed by atoms with Gasteiger partial charge in [0.25, 0.3) is 0 Å². The molecule has 0 aromatic rings. The van der Waals surface area contributed by atoms with Crippen molar-refractivity contribution < 1.29 is 4.79 Å². The quantitative estimate of drug-likeness (QED) is 0.237. The van der Waals surface area contributed by atoms with E-state index >= 15 is 0 Å². The number of piperidine rings is 1. The Balaban J connectivity index is 1.73. The average molecular weight is 366 g/mol. The molecule has 0 spiro atoms. The van der Waals surface area contributed by atoms with Crippen LogP contribution in [0.15, 0.2) is 0 Å². The van der Waals surface area contributed by atoms with E-state index in [4.69, 9.17) is 0 Å². The zero-order valence-corrected chi connectivity index (χ0v) is 17.9. The van der Waals surface area contributed by atoms with Gasteiger partial charge in [0.2, 0.25) is 0 Å². The zero-order valence-electron chi connectivity index (χ0n) is 17.9. The van der Waals surface area contributed by atoms with Crippen LogP contribution in [-0.2, 0) is 4.79 Å². The highest BCUT2D eigenvalue weighted by molar-refractivity contribution is 5.80. The normalized spacial score (nSPS) is 15.4. The first kappa shape index (κ1) is 23.7. The molecule has 0 aromatic heterocycles. The van der Waals surface area contributed by atoms with Gasteiger partial charge >= 0.3 is 0 Å². The summed E-state index contributed by atoms with van der Waals surface area (Å²) in [5.74, 6) is 0.474. The highest BCUT2D eigenvalue weighted by Crippen LogP contribution is 2.14. The van der Waals surface area contributed by atoms with Gasteiger partial charge in [-0.05, 0) is 32.4 Å². The Morgan fingerprint density at radius 3 is 1.50 bits per heavy atom. The van der Waals surface area contributed by atoms with Gasteiger partial charge in [-0.25, -0.2) is 0 Å². The Labute approximate surface area is 164 Å². The lowest BCUT2D eigenvalue weighted by Crippen LogP contribution is -2.34. The van der Waals surface area contributed by atoms with E-state index in [-0.39, 0.29) is 0 Å². The van der Waals surface area contributed by atoms with E-state index in [0.717, 1.165) is 32.5 Å². The van der Waals surface area contributed by atoms with Crippen LogP contribution in [0.4, 0.5) is 0 Å². The molecule has 1 aliphatic rings. The number of carbonyl (C=O) groups is 1. The predicted molar refractivity (Wildman–Crippen MR) is 115 cm³/mol. The van der Waals surface area contributed by atoms with E-state index in [1.165, 1.54) is 109 Å². The van der Waals surface area contributed by atoms with Gasteiger partial charge in [-0.15, -0.1) is 0 Å². The summed E-state index contributed by atoms with van der Waals surface area (Å²) in [7, 11) is 0. The molecule has 154 valence electrons. The van der Waals surface area contributed by atoms with Crippen molar-refractivity contribution in [3.05, 3.63) is 0 Å². The second kappa shape index (κ2) is 18.0. The van der Waals surface area contributed by atoms with Crippen molar-refractivity contribution in [1.82, 2.24) is 4.90 Å². The third-order valence-corrected chi connectivity index (χ3v) is 5.91. The lowest BCUT2D eigenvalue weighted by atomic mass is 10.0. The molecule has 2 nitrogen and oxygen atoms in total. The zero-order chi connectivity index (χ0) is 18.7. The standard InChI is InChI=1S/C24H47NO/c1-2-3-4-5-6-7-8-9-10-11-12-13-14-15-17-20-24(26)23-25-21-18-16-19-22-25/h2-23H2,1H3. The van der Waals surface area contributed by atoms with E-state index < -0.39 is 0 Å². The van der Waals surface area contributed by atoms with Crippen LogP contribution in [0.25, 0.3) is 0 Å². The molecule has 1 rings (SSSR count). The molecule has 2 heteroatoms. The number of rotatable bonds is 18. The van der Waals surface area contributed by atoms with Gasteiger partial charge in [-0.3, -0.25) is 9.69 Å². The number of nitrogens with zero attached hydrogens (tertiary/aromatic N) is 1. The van der Waals surface area contributed by atoms with Crippen molar-refractivity contribution in [1.29, 1.82) is 0 Å². The van der Waals surface area contributed by atoms with Crippen LogP contribution in [0.2, 0.25) is 0 Å². The summed E-state index contributed by atoms with van der Waals surface area (Å²) in [6.07, 6.45) is 25.5. The molecule has 0 amide bonds. The Morgan fingerprint density at radius 1 is 0.615 bits per heavy atom. The first-order valence-corrected chi connectivity index (χ1v) is 12.1. The van der Waals surface area contributed by atoms with Gasteiger partial charge in [0.1, 0.15) is 5.78 Å². The Morgan fingerprint density at radius 2 is 1.04 bits per heavy atom. The number of likely N-dealkylation sites (tertiary alicyclic amines) is 1. The maximum absolute atomic E-state index is 12.0. The number of unbranched alkanes of at least 4 members (excludes halogenated alkanes) is 14. The number of carbonyl (C=O) groups excluding carboxylic acids is 1. The predicted octanol–water partition coefficient (Wildman–Crippen LogP) is 7.30. The summed E-state index contributed by atoms with van der Waals surface area (Å²) >= 11 is 0. The molecule has 1 saturated heterocycles. The van der Waals surface area contributed by atoms with Crippen LogP contribution in [0.3, 0.4) is 0 Å². The van der Waals surface area contributed by atoms with E-state index in [1.807, 2.05) is 0 Å². The fourth-order valence-corrected chi connectivity index (χ4v) is 4.14. The molecule has 0 bridgehead atoms. The fraction of sp³-hybridized carbons (Fsp3) is 0.958. The number of ketones is 1. The molecule has 0 aliphatic carbocycles. The molecule has 0 saturated carbocycles. The summed E-state index contributed by atoms with van der Waals surface area (Å²) in [4.78, 5) is 14.4. The van der Waals surface area contributed by atoms with Crippen molar-refractivity contribution >= 4 is 5.78 Å². The molecule has 0 aromatic carbocycles. The molecule has 0 N–H and O–H groups in total. The maximum Gasteiger partial charge on any atom is 0.146 e. The third kappa shape index (κ3) is 14.8. The van der Waals surface area contributed by atoms with E-state index in [9.17, 15) is 4.79 Å². The van der Waals surface area contributed by atoms with Gasteiger partial charge in [-0.2, -0.15) is 0 Å². The largest absolute Gasteiger partial charge is 0.298 e. The Kier molecular flexibility index (Phi) is 16.4. The summed E-state index contributed by atoms with van der Waals surface area (Å²) in [5, 5.41) is 0. The first-order chi connectivity index (χ1) is 12.8. The van der Waals surface area contributed by atoms with Crippen LogP contribution in [0.5, 0.6) is 0 Å². The fourth-order valence-electron chi connectivity index (χ4n) is 4.14. The van der Waals surface area contributed by atoms with Crippen LogP contribution in [0, 0.1) is 0 Å². The van der Waals surface area contributed by atoms with Gasteiger partial charge in [-0.1, -0.05) is 103 Å². The van der Waals surface area contributed by atoms with Crippen LogP contribution >= 0.6 is 0 Å². The van der Waals surface area contributed by atoms with Crippen molar-refractivity contribution in [2.75, 3.05) is 19.6 Å². The van der Waals surface area contributed by atoms with Crippen LogP contribution in [0.1, 0.15) is 129 Å². The van der Waals surface area contributed by atoms with Crippen molar-refractivity contribution in [2.24, 2.45) is 0 Å². The lowest BCUT2D eigenvalue weighted by Gasteiger charge is -2.25. The smallest absolute Gasteiger partial charge is 0.146 e. The molecular weight excluding hydrogens is 318 g/mol. The molecule has 1 heterocycles. The molecular formula is C24H47NO. The first-order valence-electron chi connectivity index (χ1n) is 12.1. The SMILES string of the molecule is CCCCCCCCCCCCCCCCCC(=O)CN1CCCCC1. The highest BCUT2D eigenvalue weighted by atomic mass is 16.1. The lowest BCUT2D eigenvalue weighted by molar-refractivity contribution is -0.120. The second-order valence-electron chi connectivity index (χ2n) is 8.58. The molecule has 0 radical (unpaired) electrons. The van der Waals surface area contributed by atoms with Gasteiger partial charge < -0.3 is 0 Å². The monoisotopic (exact) mass is 365 g/mol.